The van der Waals surface area contributed by atoms with Gasteiger partial charge in [-0.2, -0.15) is 0 Å². The van der Waals surface area contributed by atoms with Crippen molar-refractivity contribution >= 4 is 0 Å². The average Bonchev–Trinajstić information content (AvgIpc) is 2.49. The summed E-state index contributed by atoms with van der Waals surface area (Å²) in [7, 11) is 1.66. The smallest absolute Gasteiger partial charge is 0.118 e. The van der Waals surface area contributed by atoms with E-state index in [-0.39, 0.29) is 12.0 Å². The summed E-state index contributed by atoms with van der Waals surface area (Å²) < 4.78 is 5.17. The van der Waals surface area contributed by atoms with Gasteiger partial charge in [-0.3, -0.25) is 0 Å². The number of methoxy groups -OCH3 is 1. The van der Waals surface area contributed by atoms with Gasteiger partial charge >= 0.3 is 0 Å². The maximum atomic E-state index is 10.6. The number of aliphatic hydroxyl groups excluding tert-OH is 1. The molecule has 0 radical (unpaired) electrons. The monoisotopic (exact) mass is 263 g/mol. The van der Waals surface area contributed by atoms with Gasteiger partial charge in [0.25, 0.3) is 0 Å². The Balaban J connectivity index is 2.08. The molecule has 1 aliphatic rings. The second-order valence-electron chi connectivity index (χ2n) is 5.50. The van der Waals surface area contributed by atoms with E-state index in [4.69, 9.17) is 10.5 Å². The number of ether oxygens (including phenoxy) is 1. The lowest BCUT2D eigenvalue weighted by molar-refractivity contribution is 0.0624. The number of hydrogen-bond acceptors (Lipinski definition) is 3. The highest BCUT2D eigenvalue weighted by Gasteiger charge is 2.29. The molecule has 1 fully saturated rings. The van der Waals surface area contributed by atoms with Crippen LogP contribution in [0.3, 0.4) is 0 Å². The Labute approximate surface area is 115 Å². The SMILES string of the molecule is COc1ccc([C@@H](CN)[C@@H](O)C2CCCCC2)cc1. The summed E-state index contributed by atoms with van der Waals surface area (Å²) in [5.41, 5.74) is 7.00. The first-order chi connectivity index (χ1) is 9.26. The molecule has 1 aromatic rings. The van der Waals surface area contributed by atoms with Crippen LogP contribution in [0, 0.1) is 5.92 Å². The van der Waals surface area contributed by atoms with Crippen molar-refractivity contribution in [3.8, 4) is 5.75 Å². The molecule has 1 aromatic carbocycles. The van der Waals surface area contributed by atoms with E-state index in [0.717, 1.165) is 24.2 Å². The van der Waals surface area contributed by atoms with Crippen LogP contribution >= 0.6 is 0 Å². The van der Waals surface area contributed by atoms with Gasteiger partial charge in [0.15, 0.2) is 0 Å². The van der Waals surface area contributed by atoms with Crippen molar-refractivity contribution in [1.82, 2.24) is 0 Å². The van der Waals surface area contributed by atoms with E-state index >= 15 is 0 Å². The number of nitrogens with two attached hydrogens (primary N) is 1. The van der Waals surface area contributed by atoms with Gasteiger partial charge in [0.2, 0.25) is 0 Å². The minimum absolute atomic E-state index is 0.0361. The van der Waals surface area contributed by atoms with E-state index in [1.54, 1.807) is 7.11 Å². The highest BCUT2D eigenvalue weighted by Crippen LogP contribution is 2.33. The molecule has 0 aromatic heterocycles. The molecule has 0 spiro atoms. The number of rotatable bonds is 5. The number of benzene rings is 1. The third kappa shape index (κ3) is 3.48. The molecule has 1 aliphatic carbocycles. The fourth-order valence-corrected chi connectivity index (χ4v) is 3.13. The van der Waals surface area contributed by atoms with Crippen LogP contribution in [-0.2, 0) is 0 Å². The third-order valence-electron chi connectivity index (χ3n) is 4.34. The van der Waals surface area contributed by atoms with E-state index in [1.807, 2.05) is 24.3 Å². The topological polar surface area (TPSA) is 55.5 Å². The highest BCUT2D eigenvalue weighted by molar-refractivity contribution is 5.30. The Morgan fingerprint density at radius 1 is 1.21 bits per heavy atom. The molecule has 0 unspecified atom stereocenters. The zero-order valence-electron chi connectivity index (χ0n) is 11.7. The molecule has 3 N–H and O–H groups in total. The van der Waals surface area contributed by atoms with Crippen LogP contribution in [0.2, 0.25) is 0 Å². The van der Waals surface area contributed by atoms with Gasteiger partial charge in [0.1, 0.15) is 5.75 Å². The summed E-state index contributed by atoms with van der Waals surface area (Å²) in [5.74, 6) is 1.28. The molecule has 0 heterocycles. The van der Waals surface area contributed by atoms with E-state index < -0.39 is 0 Å². The van der Waals surface area contributed by atoms with Gasteiger partial charge in [-0.1, -0.05) is 31.4 Å². The zero-order valence-corrected chi connectivity index (χ0v) is 11.7. The molecule has 0 saturated heterocycles. The molecule has 0 amide bonds. The van der Waals surface area contributed by atoms with Crippen molar-refractivity contribution < 1.29 is 9.84 Å². The lowest BCUT2D eigenvalue weighted by Gasteiger charge is -2.32. The molecule has 0 aliphatic heterocycles. The Morgan fingerprint density at radius 3 is 2.37 bits per heavy atom. The first-order valence-electron chi connectivity index (χ1n) is 7.28. The Kier molecular flexibility index (Phi) is 5.23. The molecular weight excluding hydrogens is 238 g/mol. The Morgan fingerprint density at radius 2 is 1.84 bits per heavy atom. The predicted molar refractivity (Wildman–Crippen MR) is 77.4 cm³/mol. The van der Waals surface area contributed by atoms with Gasteiger partial charge in [-0.05, 0) is 36.5 Å². The predicted octanol–water partition coefficient (Wildman–Crippen LogP) is 2.68. The molecule has 2 atom stereocenters. The largest absolute Gasteiger partial charge is 0.497 e. The molecule has 19 heavy (non-hydrogen) atoms. The van der Waals surface area contributed by atoms with Crippen molar-refractivity contribution in [2.75, 3.05) is 13.7 Å². The minimum atomic E-state index is -0.321. The summed E-state index contributed by atoms with van der Waals surface area (Å²) in [6, 6.07) is 7.90. The normalized spacial score (nSPS) is 19.9. The molecule has 106 valence electrons. The van der Waals surface area contributed by atoms with Gasteiger partial charge in [-0.25, -0.2) is 0 Å². The molecule has 1 saturated carbocycles. The van der Waals surface area contributed by atoms with Crippen molar-refractivity contribution in [1.29, 1.82) is 0 Å². The lowest BCUT2D eigenvalue weighted by Crippen LogP contribution is -2.33. The maximum absolute atomic E-state index is 10.6. The minimum Gasteiger partial charge on any atom is -0.497 e. The summed E-state index contributed by atoms with van der Waals surface area (Å²) in [6.45, 7) is 0.490. The fraction of sp³-hybridized carbons (Fsp3) is 0.625. The Hall–Kier alpha value is -1.06. The van der Waals surface area contributed by atoms with Crippen LogP contribution in [-0.4, -0.2) is 24.9 Å². The fourth-order valence-electron chi connectivity index (χ4n) is 3.13. The Bertz CT molecular complexity index is 371. The summed E-state index contributed by atoms with van der Waals surface area (Å²) in [5, 5.41) is 10.6. The van der Waals surface area contributed by atoms with Gasteiger partial charge in [0.05, 0.1) is 13.2 Å². The second kappa shape index (κ2) is 6.92. The first kappa shape index (κ1) is 14.4. The van der Waals surface area contributed by atoms with Crippen LogP contribution < -0.4 is 10.5 Å². The van der Waals surface area contributed by atoms with Gasteiger partial charge in [-0.15, -0.1) is 0 Å². The standard InChI is InChI=1S/C16H25NO2/c1-19-14-9-7-12(8-10-14)15(11-17)16(18)13-5-3-2-4-6-13/h7-10,13,15-16,18H,2-6,11,17H2,1H3/t15-,16+/m1/s1. The van der Waals surface area contributed by atoms with Crippen LogP contribution in [0.5, 0.6) is 5.75 Å². The lowest BCUT2D eigenvalue weighted by atomic mass is 9.78. The second-order valence-corrected chi connectivity index (χ2v) is 5.50. The average molecular weight is 263 g/mol. The van der Waals surface area contributed by atoms with Gasteiger partial charge in [0, 0.05) is 12.5 Å². The highest BCUT2D eigenvalue weighted by atomic mass is 16.5. The van der Waals surface area contributed by atoms with E-state index in [1.165, 1.54) is 19.3 Å². The van der Waals surface area contributed by atoms with Crippen molar-refractivity contribution in [3.63, 3.8) is 0 Å². The van der Waals surface area contributed by atoms with E-state index in [0.29, 0.717) is 12.5 Å². The molecule has 2 rings (SSSR count). The molecule has 3 nitrogen and oxygen atoms in total. The summed E-state index contributed by atoms with van der Waals surface area (Å²) >= 11 is 0. The molecule has 3 heteroatoms. The van der Waals surface area contributed by atoms with Crippen LogP contribution in [0.15, 0.2) is 24.3 Å². The van der Waals surface area contributed by atoms with Crippen molar-refractivity contribution in [2.24, 2.45) is 11.7 Å². The first-order valence-corrected chi connectivity index (χ1v) is 7.28. The van der Waals surface area contributed by atoms with Crippen LogP contribution in [0.4, 0.5) is 0 Å². The van der Waals surface area contributed by atoms with Gasteiger partial charge < -0.3 is 15.6 Å². The van der Waals surface area contributed by atoms with E-state index in [9.17, 15) is 5.11 Å². The number of hydrogen-bond donors (Lipinski definition) is 2. The third-order valence-corrected chi connectivity index (χ3v) is 4.34. The van der Waals surface area contributed by atoms with Crippen LogP contribution in [0.25, 0.3) is 0 Å². The summed E-state index contributed by atoms with van der Waals surface area (Å²) in [6.07, 6.45) is 5.72. The quantitative estimate of drug-likeness (QED) is 0.858. The van der Waals surface area contributed by atoms with Crippen molar-refractivity contribution in [3.05, 3.63) is 29.8 Å². The molecular formula is C16H25NO2. The zero-order chi connectivity index (χ0) is 13.7. The summed E-state index contributed by atoms with van der Waals surface area (Å²) in [4.78, 5) is 0. The van der Waals surface area contributed by atoms with Crippen LogP contribution in [0.1, 0.15) is 43.6 Å². The van der Waals surface area contributed by atoms with Crippen molar-refractivity contribution in [2.45, 2.75) is 44.1 Å². The maximum Gasteiger partial charge on any atom is 0.118 e. The molecule has 0 bridgehead atoms. The number of aliphatic hydroxyl groups is 1. The van der Waals surface area contributed by atoms with E-state index in [2.05, 4.69) is 0 Å².